The van der Waals surface area contributed by atoms with E-state index in [-0.39, 0.29) is 12.0 Å². The maximum Gasteiger partial charge on any atom is 0.409 e. The fourth-order valence-electron chi connectivity index (χ4n) is 2.89. The van der Waals surface area contributed by atoms with Gasteiger partial charge in [0.05, 0.1) is 24.9 Å². The monoisotopic (exact) mass is 329 g/mol. The number of aryl methyl sites for hydroxylation is 2. The summed E-state index contributed by atoms with van der Waals surface area (Å²) in [7, 11) is 3.13. The van der Waals surface area contributed by atoms with Crippen molar-refractivity contribution in [2.24, 2.45) is 7.05 Å². The second kappa shape index (κ2) is 6.31. The molecule has 3 rings (SSSR count). The number of hydrogen-bond acceptors (Lipinski definition) is 5. The van der Waals surface area contributed by atoms with Crippen molar-refractivity contribution < 1.29 is 14.3 Å². The molecule has 0 aliphatic carbocycles. The van der Waals surface area contributed by atoms with Crippen molar-refractivity contribution in [2.75, 3.05) is 19.0 Å². The van der Waals surface area contributed by atoms with Crippen LogP contribution in [-0.4, -0.2) is 45.3 Å². The van der Waals surface area contributed by atoms with Gasteiger partial charge in [0.2, 0.25) is 0 Å². The van der Waals surface area contributed by atoms with Gasteiger partial charge in [0.1, 0.15) is 5.82 Å². The molecule has 0 fully saturated rings. The second-order valence-electron chi connectivity index (χ2n) is 5.72. The Hall–Kier alpha value is -2.90. The SMILES string of the molecule is COC(=O)N1CCc2c(cncc2C(=O)Nc2cc(C)nn2C)C1. The summed E-state index contributed by atoms with van der Waals surface area (Å²) in [6.45, 7) is 2.76. The van der Waals surface area contributed by atoms with Gasteiger partial charge in [-0.2, -0.15) is 5.10 Å². The third-order valence-electron chi connectivity index (χ3n) is 4.06. The maximum absolute atomic E-state index is 12.6. The van der Waals surface area contributed by atoms with Crippen molar-refractivity contribution in [3.8, 4) is 0 Å². The summed E-state index contributed by atoms with van der Waals surface area (Å²) in [5.74, 6) is 0.399. The average molecular weight is 329 g/mol. The van der Waals surface area contributed by atoms with E-state index in [4.69, 9.17) is 4.74 Å². The lowest BCUT2D eigenvalue weighted by atomic mass is 9.97. The molecule has 2 aromatic heterocycles. The molecule has 126 valence electrons. The number of ether oxygens (including phenoxy) is 1. The third kappa shape index (κ3) is 2.94. The Morgan fingerprint density at radius 1 is 1.33 bits per heavy atom. The summed E-state index contributed by atoms with van der Waals surface area (Å²) in [5, 5.41) is 7.07. The first-order chi connectivity index (χ1) is 11.5. The molecule has 8 heteroatoms. The Balaban J connectivity index is 1.84. The maximum atomic E-state index is 12.6. The largest absolute Gasteiger partial charge is 0.453 e. The minimum Gasteiger partial charge on any atom is -0.453 e. The molecule has 0 aromatic carbocycles. The molecule has 8 nitrogen and oxygen atoms in total. The van der Waals surface area contributed by atoms with Crippen LogP contribution in [0.25, 0.3) is 0 Å². The zero-order chi connectivity index (χ0) is 17.3. The van der Waals surface area contributed by atoms with Crippen molar-refractivity contribution in [3.63, 3.8) is 0 Å². The van der Waals surface area contributed by atoms with Crippen LogP contribution in [0, 0.1) is 6.92 Å². The quantitative estimate of drug-likeness (QED) is 0.902. The number of fused-ring (bicyclic) bond motifs is 1. The summed E-state index contributed by atoms with van der Waals surface area (Å²) in [5.41, 5.74) is 3.13. The molecule has 1 aliphatic heterocycles. The van der Waals surface area contributed by atoms with Crippen LogP contribution in [-0.2, 0) is 24.8 Å². The van der Waals surface area contributed by atoms with Gasteiger partial charge in [-0.3, -0.25) is 14.5 Å². The molecular weight excluding hydrogens is 310 g/mol. The highest BCUT2D eigenvalue weighted by Gasteiger charge is 2.25. The van der Waals surface area contributed by atoms with Crippen LogP contribution >= 0.6 is 0 Å². The van der Waals surface area contributed by atoms with E-state index < -0.39 is 0 Å². The number of anilines is 1. The Labute approximate surface area is 139 Å². The molecule has 0 saturated heterocycles. The molecule has 0 radical (unpaired) electrons. The van der Waals surface area contributed by atoms with Crippen molar-refractivity contribution >= 4 is 17.8 Å². The summed E-state index contributed by atoms with van der Waals surface area (Å²) in [4.78, 5) is 30.0. The van der Waals surface area contributed by atoms with Crippen LogP contribution in [0.15, 0.2) is 18.5 Å². The van der Waals surface area contributed by atoms with Gasteiger partial charge in [-0.15, -0.1) is 0 Å². The van der Waals surface area contributed by atoms with Gasteiger partial charge in [-0.25, -0.2) is 4.79 Å². The van der Waals surface area contributed by atoms with E-state index in [1.165, 1.54) is 7.11 Å². The molecule has 2 amide bonds. The molecular formula is C16H19N5O3. The van der Waals surface area contributed by atoms with Crippen LogP contribution in [0.3, 0.4) is 0 Å². The number of carbonyl (C=O) groups is 2. The number of pyridine rings is 1. The standard InChI is InChI=1S/C16H19N5O3/c1-10-6-14(20(2)19-10)18-15(22)13-8-17-7-11-9-21(16(23)24-3)5-4-12(11)13/h6-8H,4-5,9H2,1-3H3,(H,18,22). The van der Waals surface area contributed by atoms with Gasteiger partial charge < -0.3 is 15.0 Å². The van der Waals surface area contributed by atoms with Crippen molar-refractivity contribution in [1.29, 1.82) is 0 Å². The predicted octanol–water partition coefficient (Wildman–Crippen LogP) is 1.50. The van der Waals surface area contributed by atoms with Gasteiger partial charge in [0, 0.05) is 32.1 Å². The van der Waals surface area contributed by atoms with E-state index in [9.17, 15) is 9.59 Å². The Morgan fingerprint density at radius 3 is 2.79 bits per heavy atom. The highest BCUT2D eigenvalue weighted by molar-refractivity contribution is 6.05. The van der Waals surface area contributed by atoms with Crippen LogP contribution in [0.4, 0.5) is 10.6 Å². The first kappa shape index (κ1) is 16.0. The van der Waals surface area contributed by atoms with Crippen LogP contribution in [0.1, 0.15) is 27.2 Å². The summed E-state index contributed by atoms with van der Waals surface area (Å²) >= 11 is 0. The number of carbonyl (C=O) groups excluding carboxylic acids is 2. The van der Waals surface area contributed by atoms with Crippen LogP contribution < -0.4 is 5.32 Å². The van der Waals surface area contributed by atoms with Gasteiger partial charge >= 0.3 is 6.09 Å². The zero-order valence-corrected chi connectivity index (χ0v) is 13.9. The lowest BCUT2D eigenvalue weighted by Crippen LogP contribution is -2.36. The topological polar surface area (TPSA) is 89.3 Å². The average Bonchev–Trinajstić information content (AvgIpc) is 2.90. The van der Waals surface area contributed by atoms with Gasteiger partial charge in [-0.1, -0.05) is 0 Å². The molecule has 0 atom stereocenters. The van der Waals surface area contributed by atoms with E-state index >= 15 is 0 Å². The predicted molar refractivity (Wildman–Crippen MR) is 86.7 cm³/mol. The summed E-state index contributed by atoms with van der Waals surface area (Å²) < 4.78 is 6.37. The highest BCUT2D eigenvalue weighted by Crippen LogP contribution is 2.23. The first-order valence-electron chi connectivity index (χ1n) is 7.60. The molecule has 3 heterocycles. The molecule has 1 N–H and O–H groups in total. The smallest absolute Gasteiger partial charge is 0.409 e. The van der Waals surface area contributed by atoms with E-state index in [0.717, 1.165) is 16.8 Å². The molecule has 2 aromatic rings. The third-order valence-corrected chi connectivity index (χ3v) is 4.06. The fourth-order valence-corrected chi connectivity index (χ4v) is 2.89. The van der Waals surface area contributed by atoms with Gasteiger partial charge in [0.15, 0.2) is 0 Å². The van der Waals surface area contributed by atoms with E-state index in [0.29, 0.717) is 30.9 Å². The molecule has 1 aliphatic rings. The molecule has 0 spiro atoms. The zero-order valence-electron chi connectivity index (χ0n) is 13.9. The number of rotatable bonds is 2. The minimum absolute atomic E-state index is 0.228. The summed E-state index contributed by atoms with van der Waals surface area (Å²) in [6.07, 6.45) is 3.46. The number of nitrogens with one attached hydrogen (secondary N) is 1. The number of hydrogen-bond donors (Lipinski definition) is 1. The van der Waals surface area contributed by atoms with Gasteiger partial charge in [-0.05, 0) is 24.5 Å². The van der Waals surface area contributed by atoms with Crippen LogP contribution in [0.2, 0.25) is 0 Å². The summed E-state index contributed by atoms with van der Waals surface area (Å²) in [6, 6.07) is 1.81. The number of nitrogens with zero attached hydrogens (tertiary/aromatic N) is 4. The number of amides is 2. The van der Waals surface area contributed by atoms with Crippen molar-refractivity contribution in [1.82, 2.24) is 19.7 Å². The van der Waals surface area contributed by atoms with Gasteiger partial charge in [0.25, 0.3) is 5.91 Å². The molecule has 0 saturated carbocycles. The van der Waals surface area contributed by atoms with E-state index in [1.54, 1.807) is 35.1 Å². The van der Waals surface area contributed by atoms with Crippen molar-refractivity contribution in [3.05, 3.63) is 40.8 Å². The lowest BCUT2D eigenvalue weighted by molar-refractivity contribution is 0.102. The Kier molecular flexibility index (Phi) is 4.20. The lowest BCUT2D eigenvalue weighted by Gasteiger charge is -2.28. The van der Waals surface area contributed by atoms with E-state index in [1.807, 2.05) is 6.92 Å². The normalized spacial score (nSPS) is 13.4. The fraction of sp³-hybridized carbons (Fsp3) is 0.375. The first-order valence-corrected chi connectivity index (χ1v) is 7.60. The molecule has 0 bridgehead atoms. The Morgan fingerprint density at radius 2 is 2.12 bits per heavy atom. The second-order valence-corrected chi connectivity index (χ2v) is 5.72. The molecule has 0 unspecified atom stereocenters. The molecule has 24 heavy (non-hydrogen) atoms. The van der Waals surface area contributed by atoms with E-state index in [2.05, 4.69) is 15.4 Å². The highest BCUT2D eigenvalue weighted by atomic mass is 16.5. The Bertz CT molecular complexity index is 799. The number of methoxy groups -OCH3 is 1. The van der Waals surface area contributed by atoms with Crippen LogP contribution in [0.5, 0.6) is 0 Å². The number of aromatic nitrogens is 3. The van der Waals surface area contributed by atoms with Crippen molar-refractivity contribution in [2.45, 2.75) is 19.9 Å². The minimum atomic E-state index is -0.374.